The van der Waals surface area contributed by atoms with Gasteiger partial charge in [-0.2, -0.15) is 24.4 Å². The fourth-order valence-corrected chi connectivity index (χ4v) is 10.6. The molecule has 7 rings (SSSR count). The number of carbonyl (C=O) groups is 4. The zero-order chi connectivity index (χ0) is 44.7. The second-order valence-corrected chi connectivity index (χ2v) is 18.1. The Hall–Kier alpha value is -4.69. The van der Waals surface area contributed by atoms with Gasteiger partial charge >= 0.3 is 6.09 Å². The van der Waals surface area contributed by atoms with Gasteiger partial charge in [-0.1, -0.05) is 62.6 Å². The predicted octanol–water partition coefficient (Wildman–Crippen LogP) is 8.98. The molecule has 3 atom stereocenters. The zero-order valence-electron chi connectivity index (χ0n) is 37.5. The van der Waals surface area contributed by atoms with Crippen LogP contribution in [0.4, 0.5) is 16.2 Å². The molecule has 14 heteroatoms. The van der Waals surface area contributed by atoms with Crippen molar-refractivity contribution in [3.8, 4) is 5.75 Å². The van der Waals surface area contributed by atoms with E-state index in [1.807, 2.05) is 27.6 Å². The lowest BCUT2D eigenvalue weighted by Crippen LogP contribution is -2.49. The molecule has 0 bridgehead atoms. The summed E-state index contributed by atoms with van der Waals surface area (Å²) in [7, 11) is 3.04. The Bertz CT molecular complexity index is 2130. The average Bonchev–Trinajstić information content (AvgIpc) is 3.51. The van der Waals surface area contributed by atoms with Gasteiger partial charge in [0.05, 0.1) is 41.9 Å². The molecule has 63 heavy (non-hydrogen) atoms. The van der Waals surface area contributed by atoms with E-state index in [-0.39, 0.29) is 17.8 Å². The number of carbonyl (C=O) groups excluding carboxylic acids is 4. The number of nitrogens with one attached hydrogen (secondary N) is 1. The molecule has 1 aromatic heterocycles. The first-order valence-corrected chi connectivity index (χ1v) is 24.6. The van der Waals surface area contributed by atoms with Crippen LogP contribution in [0.3, 0.4) is 0 Å². The number of aldehydes is 1. The Morgan fingerprint density at radius 2 is 1.83 bits per heavy atom. The topological polar surface area (TPSA) is 126 Å². The molecule has 0 radical (unpaired) electrons. The van der Waals surface area contributed by atoms with Crippen molar-refractivity contribution in [3.63, 3.8) is 0 Å². The van der Waals surface area contributed by atoms with E-state index < -0.39 is 6.09 Å². The number of imidazole rings is 1. The van der Waals surface area contributed by atoms with Crippen LogP contribution in [-0.4, -0.2) is 103 Å². The molecule has 1 saturated carbocycles. The number of anilines is 2. The van der Waals surface area contributed by atoms with Crippen LogP contribution < -0.4 is 19.9 Å². The molecular formula is C49H66N6O6S2. The quantitative estimate of drug-likeness (QED) is 0.0491. The lowest BCUT2D eigenvalue weighted by Gasteiger charge is -2.37. The molecule has 3 aliphatic rings. The summed E-state index contributed by atoms with van der Waals surface area (Å²) in [4.78, 5) is 57.5. The van der Waals surface area contributed by atoms with Crippen LogP contribution >= 0.6 is 24.4 Å². The number of ether oxygens (including phenoxy) is 2. The monoisotopic (exact) mass is 898 g/mol. The highest BCUT2D eigenvalue weighted by Gasteiger charge is 2.32. The Morgan fingerprint density at radius 3 is 2.51 bits per heavy atom. The van der Waals surface area contributed by atoms with Crippen LogP contribution in [0.5, 0.6) is 5.75 Å². The van der Waals surface area contributed by atoms with Gasteiger partial charge in [0, 0.05) is 49.8 Å². The van der Waals surface area contributed by atoms with Crippen molar-refractivity contribution in [1.82, 2.24) is 19.8 Å². The number of amides is 3. The highest BCUT2D eigenvalue weighted by Crippen LogP contribution is 2.40. The number of hydrogen-bond donors (Lipinski definition) is 2. The average molecular weight is 899 g/mol. The zero-order valence-corrected chi connectivity index (χ0v) is 39.2. The molecular weight excluding hydrogens is 833 g/mol. The maximum absolute atomic E-state index is 12.6. The highest BCUT2D eigenvalue weighted by molar-refractivity contribution is 7.99. The van der Waals surface area contributed by atoms with E-state index in [1.54, 1.807) is 11.9 Å². The summed E-state index contributed by atoms with van der Waals surface area (Å²) in [6, 6.07) is 21.1. The number of fused-ring (bicyclic) bond motifs is 2. The fourth-order valence-electron chi connectivity index (χ4n) is 9.49. The van der Waals surface area contributed by atoms with E-state index in [1.165, 1.54) is 55.9 Å². The standard InChI is InChI=1S/C29H39N3O2S2.C20H27N3O4/c1-4-5-15-24-25(31(20-35)29(33)34-2)16-17-26-28(24)30-27(18-21-11-7-6-8-12-21)32(26)22-13-9-10-14-23(19-22)36-3;1-21-20(26)18(3-2-11-24)23-10-12-27-19-13-16(4-5-17(19)23)15-6-8-22(14-25)9-7-15/h6-8,11-12,16-17,22-23,35H,4-5,9-10,13-15,18-20H2,1-3H3;4-5,11,13-15,18H,2-3,6-10,12H2,1H3,(H,21,26). The van der Waals surface area contributed by atoms with Crippen LogP contribution in [-0.2, 0) is 32.0 Å². The number of methoxy groups -OCH3 is 1. The molecule has 3 unspecified atom stereocenters. The van der Waals surface area contributed by atoms with Gasteiger partial charge in [0.1, 0.15) is 30.5 Å². The third-order valence-corrected chi connectivity index (χ3v) is 14.3. The smallest absolute Gasteiger partial charge is 0.414 e. The summed E-state index contributed by atoms with van der Waals surface area (Å²) in [5.74, 6) is 2.49. The van der Waals surface area contributed by atoms with Gasteiger partial charge in [0.25, 0.3) is 0 Å². The number of aryl methyl sites for hydroxylation is 1. The van der Waals surface area contributed by atoms with Crippen molar-refractivity contribution in [3.05, 3.63) is 83.2 Å². The minimum absolute atomic E-state index is 0.0880. The predicted molar refractivity (Wildman–Crippen MR) is 258 cm³/mol. The van der Waals surface area contributed by atoms with E-state index >= 15 is 0 Å². The number of rotatable bonds is 16. The number of hydrogen-bond acceptors (Lipinski definition) is 10. The fraction of sp³-hybridized carbons (Fsp3) is 0.531. The second kappa shape index (κ2) is 23.8. The number of thioether (sulfide) groups is 1. The van der Waals surface area contributed by atoms with E-state index in [0.29, 0.717) is 43.2 Å². The second-order valence-electron chi connectivity index (χ2n) is 16.7. The molecule has 4 aromatic rings. The molecule has 1 saturated heterocycles. The van der Waals surface area contributed by atoms with Crippen LogP contribution in [0.2, 0.25) is 0 Å². The number of aromatic nitrogens is 2. The lowest BCUT2D eigenvalue weighted by molar-refractivity contribution is -0.122. The van der Waals surface area contributed by atoms with Crippen molar-refractivity contribution < 1.29 is 28.7 Å². The van der Waals surface area contributed by atoms with Gasteiger partial charge in [-0.05, 0) is 98.9 Å². The normalized spacial score (nSPS) is 18.2. The molecule has 12 nitrogen and oxygen atoms in total. The van der Waals surface area contributed by atoms with Gasteiger partial charge in [0.15, 0.2) is 0 Å². The number of nitrogens with zero attached hydrogens (tertiary/aromatic N) is 5. The molecule has 2 aliphatic heterocycles. The third-order valence-electron chi connectivity index (χ3n) is 12.9. The molecule has 340 valence electrons. The van der Waals surface area contributed by atoms with Crippen molar-refractivity contribution >= 4 is 71.5 Å². The van der Waals surface area contributed by atoms with Crippen LogP contribution in [0, 0.1) is 0 Å². The van der Waals surface area contributed by atoms with Crippen molar-refractivity contribution in [2.45, 2.75) is 114 Å². The first kappa shape index (κ1) is 47.8. The summed E-state index contributed by atoms with van der Waals surface area (Å²) in [6.45, 7) is 4.88. The summed E-state index contributed by atoms with van der Waals surface area (Å²) in [5, 5.41) is 3.38. The lowest BCUT2D eigenvalue weighted by atomic mass is 9.89. The molecule has 1 N–H and O–H groups in total. The number of likely N-dealkylation sites (N-methyl/N-ethyl adjacent to an activating group) is 1. The molecule has 1 aliphatic carbocycles. The number of thiol groups is 1. The van der Waals surface area contributed by atoms with E-state index in [0.717, 1.165) is 98.3 Å². The van der Waals surface area contributed by atoms with Crippen LogP contribution in [0.25, 0.3) is 11.0 Å². The first-order chi connectivity index (χ1) is 30.8. The Labute approximate surface area is 383 Å². The molecule has 2 fully saturated rings. The van der Waals surface area contributed by atoms with Gasteiger partial charge in [0.2, 0.25) is 12.3 Å². The summed E-state index contributed by atoms with van der Waals surface area (Å²) >= 11 is 6.46. The van der Waals surface area contributed by atoms with Gasteiger partial charge in [-0.3, -0.25) is 14.5 Å². The van der Waals surface area contributed by atoms with Crippen LogP contribution in [0.1, 0.15) is 112 Å². The van der Waals surface area contributed by atoms with Gasteiger partial charge < -0.3 is 34.0 Å². The molecule has 0 spiro atoms. The summed E-state index contributed by atoms with van der Waals surface area (Å²) in [6.07, 6.45) is 16.3. The van der Waals surface area contributed by atoms with Crippen molar-refractivity contribution in [1.29, 1.82) is 0 Å². The van der Waals surface area contributed by atoms with E-state index in [9.17, 15) is 19.2 Å². The summed E-state index contributed by atoms with van der Waals surface area (Å²) < 4.78 is 13.5. The SMILES string of the molecule is CCCCc1c(N(CS)C(=O)OC)ccc2c1nc(Cc1ccccc1)n2C1CCCCC(SC)C1.CNC(=O)C(CCC=O)N1CCOc2cc(C3CCN(C=O)CC3)ccc21. The van der Waals surface area contributed by atoms with Gasteiger partial charge in [-0.15, -0.1) is 0 Å². The highest BCUT2D eigenvalue weighted by atomic mass is 32.2. The Kier molecular flexibility index (Phi) is 18.1. The van der Waals surface area contributed by atoms with E-state index in [4.69, 9.17) is 14.5 Å². The number of piperidine rings is 1. The van der Waals surface area contributed by atoms with Crippen LogP contribution in [0.15, 0.2) is 60.7 Å². The largest absolute Gasteiger partial charge is 0.490 e. The maximum atomic E-state index is 12.6. The molecule has 3 heterocycles. The Balaban J connectivity index is 0.000000219. The number of unbranched alkanes of at least 4 members (excludes halogenated alkanes) is 1. The molecule has 3 amide bonds. The number of likely N-dealkylation sites (tertiary alicyclic amines) is 1. The number of benzene rings is 3. The van der Waals surface area contributed by atoms with Gasteiger partial charge in [-0.25, -0.2) is 9.78 Å². The minimum Gasteiger partial charge on any atom is -0.490 e. The van der Waals surface area contributed by atoms with E-state index in [2.05, 4.69) is 90.3 Å². The maximum Gasteiger partial charge on any atom is 0.414 e. The van der Waals surface area contributed by atoms with Crippen molar-refractivity contribution in [2.24, 2.45) is 0 Å². The first-order valence-electron chi connectivity index (χ1n) is 22.7. The van der Waals surface area contributed by atoms with Crippen molar-refractivity contribution in [2.75, 3.05) is 62.3 Å². The summed E-state index contributed by atoms with van der Waals surface area (Å²) in [5.41, 5.74) is 7.57. The minimum atomic E-state index is -0.391. The third kappa shape index (κ3) is 11.7. The molecule has 3 aromatic carbocycles. The Morgan fingerprint density at radius 1 is 1.05 bits per heavy atom.